The zero-order chi connectivity index (χ0) is 19.4. The van der Waals surface area contributed by atoms with Gasteiger partial charge in [-0.05, 0) is 39.0 Å². The number of thiazole rings is 1. The Morgan fingerprint density at radius 2 is 2.11 bits per heavy atom. The molecule has 6 nitrogen and oxygen atoms in total. The Morgan fingerprint density at radius 3 is 2.82 bits per heavy atom. The Labute approximate surface area is 173 Å². The van der Waals surface area contributed by atoms with Gasteiger partial charge in [0.2, 0.25) is 0 Å². The second-order valence-corrected chi connectivity index (χ2v) is 9.22. The summed E-state index contributed by atoms with van der Waals surface area (Å²) in [7, 11) is 1.86. The first-order chi connectivity index (χ1) is 13.7. The Hall–Kier alpha value is -1.34. The van der Waals surface area contributed by atoms with E-state index < -0.39 is 0 Å². The monoisotopic (exact) mass is 405 g/mol. The molecule has 2 aliphatic carbocycles. The van der Waals surface area contributed by atoms with Crippen molar-refractivity contribution in [2.75, 3.05) is 38.2 Å². The molecule has 2 N–H and O–H groups in total. The van der Waals surface area contributed by atoms with Gasteiger partial charge in [-0.1, -0.05) is 12.8 Å². The maximum Gasteiger partial charge on any atom is 0.191 e. The van der Waals surface area contributed by atoms with Crippen LogP contribution in [0.5, 0.6) is 0 Å². The summed E-state index contributed by atoms with van der Waals surface area (Å²) in [4.78, 5) is 11.7. The quantitative estimate of drug-likeness (QED) is 0.539. The molecule has 0 bridgehead atoms. The predicted molar refractivity (Wildman–Crippen MR) is 116 cm³/mol. The summed E-state index contributed by atoms with van der Waals surface area (Å²) in [5.41, 5.74) is 1.51. The van der Waals surface area contributed by atoms with Gasteiger partial charge in [-0.15, -0.1) is 11.3 Å². The molecule has 2 atom stereocenters. The van der Waals surface area contributed by atoms with Crippen LogP contribution in [0.25, 0.3) is 0 Å². The summed E-state index contributed by atoms with van der Waals surface area (Å²) in [5.74, 6) is 0.918. The van der Waals surface area contributed by atoms with Crippen molar-refractivity contribution in [1.82, 2.24) is 15.6 Å². The van der Waals surface area contributed by atoms with E-state index in [-0.39, 0.29) is 0 Å². The smallest absolute Gasteiger partial charge is 0.191 e. The van der Waals surface area contributed by atoms with Gasteiger partial charge < -0.3 is 20.3 Å². The Balaban J connectivity index is 1.25. The number of nitrogens with zero attached hydrogens (tertiary/aromatic N) is 3. The first-order valence-corrected chi connectivity index (χ1v) is 11.9. The third-order valence-corrected chi connectivity index (χ3v) is 7.76. The van der Waals surface area contributed by atoms with E-state index in [2.05, 4.69) is 32.8 Å². The van der Waals surface area contributed by atoms with Crippen LogP contribution in [0.3, 0.4) is 0 Å². The van der Waals surface area contributed by atoms with Crippen molar-refractivity contribution >= 4 is 22.4 Å². The average molecular weight is 406 g/mol. The van der Waals surface area contributed by atoms with Crippen LogP contribution in [0.2, 0.25) is 0 Å². The highest BCUT2D eigenvalue weighted by Crippen LogP contribution is 2.54. The summed E-state index contributed by atoms with van der Waals surface area (Å²) in [6, 6.07) is 0.485. The van der Waals surface area contributed by atoms with E-state index in [0.29, 0.717) is 17.6 Å². The molecule has 1 aliphatic heterocycles. The highest BCUT2D eigenvalue weighted by molar-refractivity contribution is 7.13. The van der Waals surface area contributed by atoms with E-state index in [9.17, 15) is 0 Å². The molecule has 0 aromatic carbocycles. The van der Waals surface area contributed by atoms with E-state index in [1.54, 1.807) is 11.3 Å². The molecule has 2 heterocycles. The highest BCUT2D eigenvalue weighted by atomic mass is 32.1. The molecule has 156 valence electrons. The minimum atomic E-state index is 0.327. The van der Waals surface area contributed by atoms with Crippen molar-refractivity contribution < 1.29 is 4.74 Å². The number of aliphatic imine (C=N–C) groups is 1. The van der Waals surface area contributed by atoms with Gasteiger partial charge in [-0.3, -0.25) is 4.99 Å². The maximum atomic E-state index is 6.03. The number of aromatic nitrogens is 1. The van der Waals surface area contributed by atoms with Crippen molar-refractivity contribution in [1.29, 1.82) is 0 Å². The fourth-order valence-electron chi connectivity index (χ4n) is 5.22. The Morgan fingerprint density at radius 1 is 1.32 bits per heavy atom. The number of rotatable bonds is 7. The lowest BCUT2D eigenvalue weighted by atomic mass is 9.60. The van der Waals surface area contributed by atoms with E-state index >= 15 is 0 Å². The van der Waals surface area contributed by atoms with Gasteiger partial charge in [-0.25, -0.2) is 4.98 Å². The topological polar surface area (TPSA) is 61.8 Å². The molecule has 2 unspecified atom stereocenters. The first-order valence-electron chi connectivity index (χ1n) is 11.0. The predicted octanol–water partition coefficient (Wildman–Crippen LogP) is 3.19. The molecule has 0 amide bonds. The number of anilines is 1. The highest BCUT2D eigenvalue weighted by Gasteiger charge is 2.56. The van der Waals surface area contributed by atoms with Crippen LogP contribution in [0.15, 0.2) is 10.4 Å². The average Bonchev–Trinajstić information content (AvgIpc) is 3.47. The van der Waals surface area contributed by atoms with Crippen LogP contribution >= 0.6 is 11.3 Å². The van der Waals surface area contributed by atoms with Crippen molar-refractivity contribution in [2.45, 2.75) is 70.4 Å². The van der Waals surface area contributed by atoms with Gasteiger partial charge in [0.1, 0.15) is 0 Å². The molecule has 3 aliphatic rings. The van der Waals surface area contributed by atoms with E-state index in [4.69, 9.17) is 9.72 Å². The zero-order valence-corrected chi connectivity index (χ0v) is 18.2. The third kappa shape index (κ3) is 4.01. The summed E-state index contributed by atoms with van der Waals surface area (Å²) >= 11 is 1.78. The van der Waals surface area contributed by atoms with Crippen molar-refractivity contribution in [2.24, 2.45) is 10.4 Å². The lowest BCUT2D eigenvalue weighted by molar-refractivity contribution is -0.125. The van der Waals surface area contributed by atoms with Crippen LogP contribution in [0.4, 0.5) is 5.13 Å². The summed E-state index contributed by atoms with van der Waals surface area (Å²) < 4.78 is 6.03. The SMILES string of the molecule is CCOC1CC(NC(=NC)NCCc2csc(N3CCCC3)n2)C12CCCC2. The summed E-state index contributed by atoms with van der Waals surface area (Å²) in [6.45, 7) is 6.11. The van der Waals surface area contributed by atoms with Gasteiger partial charge in [0.25, 0.3) is 0 Å². The molecule has 0 radical (unpaired) electrons. The lowest BCUT2D eigenvalue weighted by Crippen LogP contribution is -2.65. The van der Waals surface area contributed by atoms with Crippen LogP contribution in [0, 0.1) is 5.41 Å². The number of hydrogen-bond donors (Lipinski definition) is 2. The fourth-order valence-corrected chi connectivity index (χ4v) is 6.14. The maximum absolute atomic E-state index is 6.03. The molecule has 28 heavy (non-hydrogen) atoms. The number of nitrogens with one attached hydrogen (secondary N) is 2. The second-order valence-electron chi connectivity index (χ2n) is 8.38. The minimum absolute atomic E-state index is 0.327. The molecule has 1 spiro atoms. The molecule has 1 saturated heterocycles. The summed E-state index contributed by atoms with van der Waals surface area (Å²) in [6.07, 6.45) is 10.3. The van der Waals surface area contributed by atoms with Gasteiger partial charge in [0, 0.05) is 56.5 Å². The molecule has 1 aromatic heterocycles. The van der Waals surface area contributed by atoms with Gasteiger partial charge in [0.15, 0.2) is 11.1 Å². The van der Waals surface area contributed by atoms with Crippen LogP contribution in [0.1, 0.15) is 57.6 Å². The van der Waals surface area contributed by atoms with Gasteiger partial charge in [0.05, 0.1) is 11.8 Å². The minimum Gasteiger partial charge on any atom is -0.378 e. The molecule has 4 rings (SSSR count). The van der Waals surface area contributed by atoms with Gasteiger partial charge in [-0.2, -0.15) is 0 Å². The molecular formula is C21H35N5OS. The number of ether oxygens (including phenoxy) is 1. The standard InChI is InChI=1S/C21H35N5OS/c1-3-27-18-14-17(21(18)9-4-5-10-21)25-19(22-2)23-11-8-16-15-28-20(24-16)26-12-6-7-13-26/h15,17-18H,3-14H2,1-2H3,(H2,22,23,25). The zero-order valence-electron chi connectivity index (χ0n) is 17.4. The lowest BCUT2D eigenvalue weighted by Gasteiger charge is -2.54. The van der Waals surface area contributed by atoms with Crippen LogP contribution in [-0.2, 0) is 11.2 Å². The summed E-state index contributed by atoms with van der Waals surface area (Å²) in [5, 5.41) is 10.6. The molecular weight excluding hydrogens is 370 g/mol. The van der Waals surface area contributed by atoms with E-state index in [0.717, 1.165) is 45.0 Å². The molecule has 1 aromatic rings. The molecule has 3 fully saturated rings. The van der Waals surface area contributed by atoms with Crippen LogP contribution < -0.4 is 15.5 Å². The largest absolute Gasteiger partial charge is 0.378 e. The van der Waals surface area contributed by atoms with Gasteiger partial charge >= 0.3 is 0 Å². The normalized spacial score (nSPS) is 26.6. The first kappa shape index (κ1) is 20.0. The van der Waals surface area contributed by atoms with E-state index in [1.807, 2.05) is 7.05 Å². The molecule has 2 saturated carbocycles. The van der Waals surface area contributed by atoms with Crippen molar-refractivity contribution in [3.8, 4) is 0 Å². The second kappa shape index (κ2) is 8.99. The van der Waals surface area contributed by atoms with Crippen molar-refractivity contribution in [3.63, 3.8) is 0 Å². The Bertz CT molecular complexity index is 664. The van der Waals surface area contributed by atoms with Crippen LogP contribution in [-0.4, -0.2) is 56.4 Å². The fraction of sp³-hybridized carbons (Fsp3) is 0.810. The number of hydrogen-bond acceptors (Lipinski definition) is 5. The molecule has 7 heteroatoms. The third-order valence-electron chi connectivity index (χ3n) is 6.81. The van der Waals surface area contributed by atoms with E-state index in [1.165, 1.54) is 49.4 Å². The number of guanidine groups is 1. The van der Waals surface area contributed by atoms with Crippen molar-refractivity contribution in [3.05, 3.63) is 11.1 Å². The Kier molecular flexibility index (Phi) is 6.41.